The fourth-order valence-electron chi connectivity index (χ4n) is 3.05. The zero-order valence-electron chi connectivity index (χ0n) is 14.3. The van der Waals surface area contributed by atoms with Crippen molar-refractivity contribution < 1.29 is 18.0 Å². The average Bonchev–Trinajstić information content (AvgIpc) is 3.01. The van der Waals surface area contributed by atoms with Gasteiger partial charge in [0, 0.05) is 22.3 Å². The third-order valence-electron chi connectivity index (χ3n) is 4.49. The summed E-state index contributed by atoms with van der Waals surface area (Å²) >= 11 is 4.62. The highest BCUT2D eigenvalue weighted by Gasteiger charge is 2.43. The number of nitrogens with one attached hydrogen (secondary N) is 1. The SMILES string of the molecule is Cn1nnnc1Sc1ccc(Br)cc1NC(=O)C1CCCC(C(F)(F)F)C1. The fourth-order valence-corrected chi connectivity index (χ4v) is 4.21. The second-order valence-electron chi connectivity index (χ2n) is 6.42. The summed E-state index contributed by atoms with van der Waals surface area (Å²) in [4.78, 5) is 13.3. The number of anilines is 1. The van der Waals surface area contributed by atoms with Gasteiger partial charge in [0.2, 0.25) is 11.1 Å². The molecule has 0 spiro atoms. The first-order valence-corrected chi connectivity index (χ1v) is 9.92. The van der Waals surface area contributed by atoms with Gasteiger partial charge in [-0.25, -0.2) is 4.68 Å². The molecule has 1 aromatic heterocycles. The van der Waals surface area contributed by atoms with Gasteiger partial charge in [0.25, 0.3) is 0 Å². The standard InChI is InChI=1S/C16H17BrF3N5OS/c1-25-15(22-23-24-25)27-13-6-5-11(17)8-12(13)21-14(26)9-3-2-4-10(7-9)16(18,19)20/h5-6,8-10H,2-4,7H2,1H3,(H,21,26). The highest BCUT2D eigenvalue weighted by Crippen LogP contribution is 2.41. The Morgan fingerprint density at radius 2 is 2.15 bits per heavy atom. The van der Waals surface area contributed by atoms with Gasteiger partial charge in [-0.1, -0.05) is 22.4 Å². The molecule has 1 N–H and O–H groups in total. The number of tetrazole rings is 1. The number of carbonyl (C=O) groups excluding carboxylic acids is 1. The van der Waals surface area contributed by atoms with Crippen molar-refractivity contribution >= 4 is 39.3 Å². The average molecular weight is 464 g/mol. The van der Waals surface area contributed by atoms with E-state index in [2.05, 4.69) is 36.8 Å². The predicted octanol–water partition coefficient (Wildman–Crippen LogP) is 4.43. The van der Waals surface area contributed by atoms with E-state index in [0.717, 1.165) is 4.47 Å². The van der Waals surface area contributed by atoms with Crippen LogP contribution in [0.3, 0.4) is 0 Å². The molecule has 2 aromatic rings. The number of halogens is 4. The number of hydrogen-bond donors (Lipinski definition) is 1. The van der Waals surface area contributed by atoms with E-state index in [1.807, 2.05) is 6.07 Å². The Morgan fingerprint density at radius 1 is 1.37 bits per heavy atom. The van der Waals surface area contributed by atoms with Crippen LogP contribution in [-0.4, -0.2) is 32.3 Å². The Kier molecular flexibility index (Phi) is 6.09. The molecular weight excluding hydrogens is 447 g/mol. The Bertz CT molecular complexity index is 829. The van der Waals surface area contributed by atoms with Gasteiger partial charge in [-0.15, -0.1) is 5.10 Å². The van der Waals surface area contributed by atoms with E-state index < -0.39 is 18.0 Å². The normalized spacial score (nSPS) is 20.5. The molecule has 3 rings (SSSR count). The van der Waals surface area contributed by atoms with Crippen LogP contribution in [0.5, 0.6) is 0 Å². The van der Waals surface area contributed by atoms with Crippen molar-refractivity contribution in [2.75, 3.05) is 5.32 Å². The van der Waals surface area contributed by atoms with Crippen molar-refractivity contribution in [3.8, 4) is 0 Å². The first-order valence-electron chi connectivity index (χ1n) is 8.31. The molecule has 2 atom stereocenters. The van der Waals surface area contributed by atoms with Crippen LogP contribution in [0.2, 0.25) is 0 Å². The van der Waals surface area contributed by atoms with E-state index in [4.69, 9.17) is 0 Å². The van der Waals surface area contributed by atoms with E-state index in [1.54, 1.807) is 19.2 Å². The van der Waals surface area contributed by atoms with E-state index in [0.29, 0.717) is 28.6 Å². The molecule has 1 fully saturated rings. The number of rotatable bonds is 4. The summed E-state index contributed by atoms with van der Waals surface area (Å²) in [5.41, 5.74) is 0.511. The lowest BCUT2D eigenvalue weighted by atomic mass is 9.80. The summed E-state index contributed by atoms with van der Waals surface area (Å²) in [5, 5.41) is 14.5. The number of benzene rings is 1. The van der Waals surface area contributed by atoms with Gasteiger partial charge in [-0.2, -0.15) is 13.2 Å². The molecule has 0 radical (unpaired) electrons. The van der Waals surface area contributed by atoms with Crippen LogP contribution in [-0.2, 0) is 11.8 Å². The molecule has 1 heterocycles. The third kappa shape index (κ3) is 5.01. The summed E-state index contributed by atoms with van der Waals surface area (Å²) in [7, 11) is 1.69. The number of aromatic nitrogens is 4. The van der Waals surface area contributed by atoms with Gasteiger partial charge in [0.15, 0.2) is 0 Å². The van der Waals surface area contributed by atoms with Crippen molar-refractivity contribution in [2.45, 2.75) is 41.9 Å². The van der Waals surface area contributed by atoms with Crippen LogP contribution in [0.15, 0.2) is 32.7 Å². The minimum Gasteiger partial charge on any atom is -0.325 e. The van der Waals surface area contributed by atoms with Crippen molar-refractivity contribution in [2.24, 2.45) is 18.9 Å². The van der Waals surface area contributed by atoms with Gasteiger partial charge in [0.1, 0.15) is 0 Å². The van der Waals surface area contributed by atoms with Crippen LogP contribution in [0.4, 0.5) is 18.9 Å². The van der Waals surface area contributed by atoms with Gasteiger partial charge in [-0.3, -0.25) is 4.79 Å². The minimum absolute atomic E-state index is 0.0877. The molecule has 6 nitrogen and oxygen atoms in total. The van der Waals surface area contributed by atoms with Gasteiger partial charge < -0.3 is 5.32 Å². The fraction of sp³-hybridized carbons (Fsp3) is 0.500. The second kappa shape index (κ2) is 8.17. The second-order valence-corrected chi connectivity index (χ2v) is 8.34. The lowest BCUT2D eigenvalue weighted by molar-refractivity contribution is -0.185. The molecule has 1 aromatic carbocycles. The molecule has 1 amide bonds. The van der Waals surface area contributed by atoms with Crippen molar-refractivity contribution in [3.63, 3.8) is 0 Å². The lowest BCUT2D eigenvalue weighted by Gasteiger charge is -2.29. The Labute approximate surface area is 166 Å². The van der Waals surface area contributed by atoms with E-state index in [1.165, 1.54) is 16.4 Å². The van der Waals surface area contributed by atoms with Crippen molar-refractivity contribution in [3.05, 3.63) is 22.7 Å². The quantitative estimate of drug-likeness (QED) is 0.725. The van der Waals surface area contributed by atoms with Crippen molar-refractivity contribution in [1.29, 1.82) is 0 Å². The van der Waals surface area contributed by atoms with Crippen LogP contribution >= 0.6 is 27.7 Å². The number of hydrogen-bond acceptors (Lipinski definition) is 5. The largest absolute Gasteiger partial charge is 0.391 e. The molecule has 0 bridgehead atoms. The molecule has 1 aliphatic rings. The number of carbonyl (C=O) groups is 1. The monoisotopic (exact) mass is 463 g/mol. The van der Waals surface area contributed by atoms with Gasteiger partial charge in [-0.05, 0) is 59.7 Å². The first-order chi connectivity index (χ1) is 12.7. The van der Waals surface area contributed by atoms with E-state index in [9.17, 15) is 18.0 Å². The predicted molar refractivity (Wildman–Crippen MR) is 97.2 cm³/mol. The Morgan fingerprint density at radius 3 is 2.81 bits per heavy atom. The van der Waals surface area contributed by atoms with Gasteiger partial charge in [0.05, 0.1) is 11.6 Å². The number of nitrogens with zero attached hydrogens (tertiary/aromatic N) is 4. The highest BCUT2D eigenvalue weighted by atomic mass is 79.9. The minimum atomic E-state index is -4.26. The molecule has 27 heavy (non-hydrogen) atoms. The molecule has 1 saturated carbocycles. The van der Waals surface area contributed by atoms with Crippen LogP contribution in [0.1, 0.15) is 25.7 Å². The lowest BCUT2D eigenvalue weighted by Crippen LogP contribution is -2.34. The smallest absolute Gasteiger partial charge is 0.325 e. The van der Waals surface area contributed by atoms with E-state index in [-0.39, 0.29) is 18.7 Å². The first kappa shape index (κ1) is 20.1. The van der Waals surface area contributed by atoms with Crippen LogP contribution in [0, 0.1) is 11.8 Å². The molecular formula is C16H17BrF3N5OS. The molecule has 0 saturated heterocycles. The summed E-state index contributed by atoms with van der Waals surface area (Å²) in [6, 6.07) is 5.31. The number of amides is 1. The summed E-state index contributed by atoms with van der Waals surface area (Å²) in [6.45, 7) is 0. The topological polar surface area (TPSA) is 72.7 Å². The molecule has 2 unspecified atom stereocenters. The Hall–Kier alpha value is -1.62. The Balaban J connectivity index is 1.75. The van der Waals surface area contributed by atoms with Crippen molar-refractivity contribution in [1.82, 2.24) is 20.2 Å². The maximum Gasteiger partial charge on any atom is 0.391 e. The number of alkyl halides is 3. The molecule has 11 heteroatoms. The van der Waals surface area contributed by atoms with Crippen LogP contribution < -0.4 is 5.32 Å². The summed E-state index contributed by atoms with van der Waals surface area (Å²) in [6.07, 6.45) is -3.48. The van der Waals surface area contributed by atoms with E-state index >= 15 is 0 Å². The molecule has 0 aliphatic heterocycles. The zero-order chi connectivity index (χ0) is 19.6. The highest BCUT2D eigenvalue weighted by molar-refractivity contribution is 9.10. The maximum absolute atomic E-state index is 13.0. The molecule has 1 aliphatic carbocycles. The number of aryl methyl sites for hydroxylation is 1. The maximum atomic E-state index is 13.0. The summed E-state index contributed by atoms with van der Waals surface area (Å²) < 4.78 is 41.3. The molecule has 146 valence electrons. The third-order valence-corrected chi connectivity index (χ3v) is 6.09. The summed E-state index contributed by atoms with van der Waals surface area (Å²) in [5.74, 6) is -2.46. The van der Waals surface area contributed by atoms with Gasteiger partial charge >= 0.3 is 6.18 Å². The zero-order valence-corrected chi connectivity index (χ0v) is 16.7. The van der Waals surface area contributed by atoms with Crippen LogP contribution in [0.25, 0.3) is 0 Å².